The molecule has 1 heterocycles. The van der Waals surface area contributed by atoms with Crippen molar-refractivity contribution in [3.8, 4) is 0 Å². The first-order valence-electron chi connectivity index (χ1n) is 6.52. The number of rotatable bonds is 2. The molecule has 0 saturated carbocycles. The van der Waals surface area contributed by atoms with Gasteiger partial charge in [-0.1, -0.05) is 31.3 Å². The van der Waals surface area contributed by atoms with Gasteiger partial charge in [0.25, 0.3) is 0 Å². The van der Waals surface area contributed by atoms with Crippen molar-refractivity contribution >= 4 is 28.9 Å². The van der Waals surface area contributed by atoms with Crippen molar-refractivity contribution in [3.63, 3.8) is 0 Å². The van der Waals surface area contributed by atoms with E-state index in [0.29, 0.717) is 10.9 Å². The molecule has 4 nitrogen and oxygen atoms in total. The van der Waals surface area contributed by atoms with Crippen molar-refractivity contribution in [1.29, 1.82) is 0 Å². The Labute approximate surface area is 119 Å². The smallest absolute Gasteiger partial charge is 0.321 e. The minimum atomic E-state index is -0.0494. The Kier molecular flexibility index (Phi) is 4.37. The molecule has 0 aromatic heterocycles. The third kappa shape index (κ3) is 3.67. The molecule has 1 fully saturated rings. The van der Waals surface area contributed by atoms with Gasteiger partial charge in [0.1, 0.15) is 4.99 Å². The van der Waals surface area contributed by atoms with Gasteiger partial charge >= 0.3 is 6.03 Å². The standard InChI is InChI=1S/C14H19N3OS/c1-10-4-3-7-17(9-10)14(18)16-12-6-2-5-11(8-12)13(15)19/h2,5-6,8,10H,3-4,7,9H2,1H3,(H2,15,19)(H,16,18). The number of hydrogen-bond acceptors (Lipinski definition) is 2. The first-order valence-corrected chi connectivity index (χ1v) is 6.93. The van der Waals surface area contributed by atoms with Gasteiger partial charge in [-0.05, 0) is 30.9 Å². The quantitative estimate of drug-likeness (QED) is 0.817. The zero-order chi connectivity index (χ0) is 13.8. The molecule has 0 radical (unpaired) electrons. The van der Waals surface area contributed by atoms with Crippen molar-refractivity contribution in [2.24, 2.45) is 11.7 Å². The van der Waals surface area contributed by atoms with Gasteiger partial charge in [-0.3, -0.25) is 0 Å². The van der Waals surface area contributed by atoms with Gasteiger partial charge in [0.15, 0.2) is 0 Å². The maximum atomic E-state index is 12.1. The molecule has 0 spiro atoms. The first-order chi connectivity index (χ1) is 9.06. The lowest BCUT2D eigenvalue weighted by Crippen LogP contribution is -2.41. The van der Waals surface area contributed by atoms with Crippen LogP contribution in [0.5, 0.6) is 0 Å². The van der Waals surface area contributed by atoms with Crippen LogP contribution in [0.1, 0.15) is 25.3 Å². The molecule has 0 bridgehead atoms. The summed E-state index contributed by atoms with van der Waals surface area (Å²) in [7, 11) is 0. The van der Waals surface area contributed by atoms with Crippen molar-refractivity contribution in [1.82, 2.24) is 4.90 Å². The lowest BCUT2D eigenvalue weighted by atomic mass is 10.0. The Hall–Kier alpha value is -1.62. The Bertz CT molecular complexity index is 489. The molecule has 2 rings (SSSR count). The van der Waals surface area contributed by atoms with E-state index in [1.165, 1.54) is 6.42 Å². The van der Waals surface area contributed by atoms with Gasteiger partial charge in [-0.15, -0.1) is 0 Å². The van der Waals surface area contributed by atoms with E-state index in [1.807, 2.05) is 23.1 Å². The SMILES string of the molecule is CC1CCCN(C(=O)Nc2cccc(C(N)=S)c2)C1. The molecule has 1 saturated heterocycles. The topological polar surface area (TPSA) is 58.4 Å². The number of benzene rings is 1. The van der Waals surface area contributed by atoms with Crippen molar-refractivity contribution in [2.45, 2.75) is 19.8 Å². The normalized spacial score (nSPS) is 19.0. The highest BCUT2D eigenvalue weighted by molar-refractivity contribution is 7.80. The molecule has 1 atom stereocenters. The third-order valence-corrected chi connectivity index (χ3v) is 3.58. The van der Waals surface area contributed by atoms with Gasteiger partial charge in [0.2, 0.25) is 0 Å². The van der Waals surface area contributed by atoms with Crippen LogP contribution in [-0.4, -0.2) is 29.0 Å². The van der Waals surface area contributed by atoms with E-state index in [9.17, 15) is 4.79 Å². The number of nitrogens with one attached hydrogen (secondary N) is 1. The van der Waals surface area contributed by atoms with Gasteiger partial charge in [0, 0.05) is 24.3 Å². The molecule has 0 aliphatic carbocycles. The number of nitrogens with zero attached hydrogens (tertiary/aromatic N) is 1. The van der Waals surface area contributed by atoms with Crippen LogP contribution >= 0.6 is 12.2 Å². The number of thiocarbonyl (C=S) groups is 1. The van der Waals surface area contributed by atoms with Gasteiger partial charge in [0.05, 0.1) is 0 Å². The molecule has 1 unspecified atom stereocenters. The molecule has 3 N–H and O–H groups in total. The average Bonchev–Trinajstić information content (AvgIpc) is 2.39. The largest absolute Gasteiger partial charge is 0.389 e. The van der Waals surface area contributed by atoms with Crippen LogP contribution in [0, 0.1) is 5.92 Å². The molecule has 1 aliphatic heterocycles. The Balaban J connectivity index is 2.02. The molecule has 5 heteroatoms. The van der Waals surface area contributed by atoms with E-state index in [0.717, 1.165) is 30.8 Å². The van der Waals surface area contributed by atoms with E-state index < -0.39 is 0 Å². The van der Waals surface area contributed by atoms with E-state index in [1.54, 1.807) is 6.07 Å². The Morgan fingerprint density at radius 2 is 2.32 bits per heavy atom. The summed E-state index contributed by atoms with van der Waals surface area (Å²) in [5, 5.41) is 2.90. The highest BCUT2D eigenvalue weighted by atomic mass is 32.1. The van der Waals surface area contributed by atoms with E-state index in [-0.39, 0.29) is 6.03 Å². The minimum absolute atomic E-state index is 0.0494. The fraction of sp³-hybridized carbons (Fsp3) is 0.429. The average molecular weight is 277 g/mol. The number of piperidine rings is 1. The van der Waals surface area contributed by atoms with Gasteiger partial charge in [-0.2, -0.15) is 0 Å². The minimum Gasteiger partial charge on any atom is -0.389 e. The molecular formula is C14H19N3OS. The fourth-order valence-corrected chi connectivity index (χ4v) is 2.45. The molecule has 1 aliphatic rings. The van der Waals surface area contributed by atoms with Crippen molar-refractivity contribution < 1.29 is 4.79 Å². The number of carbonyl (C=O) groups excluding carboxylic acids is 1. The Morgan fingerprint density at radius 1 is 1.53 bits per heavy atom. The van der Waals surface area contributed by atoms with Gasteiger partial charge in [-0.25, -0.2) is 4.79 Å². The predicted molar refractivity (Wildman–Crippen MR) is 81.3 cm³/mol. The molecule has 1 aromatic rings. The zero-order valence-electron chi connectivity index (χ0n) is 11.1. The summed E-state index contributed by atoms with van der Waals surface area (Å²) in [6.45, 7) is 3.82. The second-order valence-electron chi connectivity index (χ2n) is 5.07. The van der Waals surface area contributed by atoms with Crippen LogP contribution in [-0.2, 0) is 0 Å². The monoisotopic (exact) mass is 277 g/mol. The molecule has 1 aromatic carbocycles. The summed E-state index contributed by atoms with van der Waals surface area (Å²) in [6, 6.07) is 7.26. The fourth-order valence-electron chi connectivity index (χ4n) is 2.33. The summed E-state index contributed by atoms with van der Waals surface area (Å²) in [5.74, 6) is 0.572. The number of amides is 2. The van der Waals surface area contributed by atoms with E-state index in [2.05, 4.69) is 12.2 Å². The summed E-state index contributed by atoms with van der Waals surface area (Å²) in [6.07, 6.45) is 2.27. The summed E-state index contributed by atoms with van der Waals surface area (Å²) in [4.78, 5) is 14.3. The molecule has 102 valence electrons. The summed E-state index contributed by atoms with van der Waals surface area (Å²) >= 11 is 4.93. The number of hydrogen-bond donors (Lipinski definition) is 2. The van der Waals surface area contributed by atoms with Crippen LogP contribution in [0.25, 0.3) is 0 Å². The highest BCUT2D eigenvalue weighted by Gasteiger charge is 2.20. The molecular weight excluding hydrogens is 258 g/mol. The second-order valence-corrected chi connectivity index (χ2v) is 5.51. The Morgan fingerprint density at radius 3 is 3.00 bits per heavy atom. The van der Waals surface area contributed by atoms with Crippen LogP contribution in [0.4, 0.5) is 10.5 Å². The number of urea groups is 1. The van der Waals surface area contributed by atoms with Gasteiger partial charge < -0.3 is 16.0 Å². The van der Waals surface area contributed by atoms with Crippen LogP contribution < -0.4 is 11.1 Å². The van der Waals surface area contributed by atoms with Crippen molar-refractivity contribution in [2.75, 3.05) is 18.4 Å². The third-order valence-electron chi connectivity index (χ3n) is 3.34. The summed E-state index contributed by atoms with van der Waals surface area (Å²) < 4.78 is 0. The lowest BCUT2D eigenvalue weighted by Gasteiger charge is -2.30. The summed E-state index contributed by atoms with van der Waals surface area (Å²) in [5.41, 5.74) is 7.08. The first kappa shape index (κ1) is 13.8. The maximum absolute atomic E-state index is 12.1. The predicted octanol–water partition coefficient (Wildman–Crippen LogP) is 2.58. The van der Waals surface area contributed by atoms with E-state index >= 15 is 0 Å². The van der Waals surface area contributed by atoms with Crippen molar-refractivity contribution in [3.05, 3.63) is 29.8 Å². The number of likely N-dealkylation sites (tertiary alicyclic amines) is 1. The van der Waals surface area contributed by atoms with Crippen LogP contribution in [0.2, 0.25) is 0 Å². The highest BCUT2D eigenvalue weighted by Crippen LogP contribution is 2.17. The number of anilines is 1. The number of carbonyl (C=O) groups is 1. The van der Waals surface area contributed by atoms with E-state index in [4.69, 9.17) is 18.0 Å². The zero-order valence-corrected chi connectivity index (χ0v) is 11.9. The number of nitrogens with two attached hydrogens (primary N) is 1. The van der Waals surface area contributed by atoms with Crippen LogP contribution in [0.3, 0.4) is 0 Å². The van der Waals surface area contributed by atoms with Crippen LogP contribution in [0.15, 0.2) is 24.3 Å². The second kappa shape index (κ2) is 6.02. The molecule has 2 amide bonds. The lowest BCUT2D eigenvalue weighted by molar-refractivity contribution is 0.182. The maximum Gasteiger partial charge on any atom is 0.321 e. The molecule has 19 heavy (non-hydrogen) atoms.